The third-order valence-corrected chi connectivity index (χ3v) is 2.65. The maximum Gasteiger partial charge on any atom is 0.306 e. The molecule has 0 aliphatic rings. The molecule has 8 heteroatoms. The Morgan fingerprint density at radius 1 is 1.24 bits per heavy atom. The Balaban J connectivity index is 4.31. The van der Waals surface area contributed by atoms with Crippen LogP contribution in [0.5, 0.6) is 0 Å². The second-order valence-corrected chi connectivity index (χ2v) is 4.48. The first-order valence-electron chi connectivity index (χ1n) is 6.73. The van der Waals surface area contributed by atoms with Crippen LogP contribution in [0.3, 0.4) is 0 Å². The molecular weight excluding hydrogens is 280 g/mol. The van der Waals surface area contributed by atoms with Gasteiger partial charge < -0.3 is 25.3 Å². The quantitative estimate of drug-likeness (QED) is 0.381. The lowest BCUT2D eigenvalue weighted by Gasteiger charge is -2.21. The first-order chi connectivity index (χ1) is 9.92. The van der Waals surface area contributed by atoms with Crippen LogP contribution >= 0.6 is 0 Å². The zero-order valence-electron chi connectivity index (χ0n) is 12.7. The van der Waals surface area contributed by atoms with Gasteiger partial charge in [-0.15, -0.1) is 0 Å². The molecule has 0 saturated carbocycles. The Hall–Kier alpha value is -1.67. The van der Waals surface area contributed by atoms with E-state index in [1.807, 2.05) is 0 Å². The Labute approximate surface area is 124 Å². The monoisotopic (exact) mass is 304 g/mol. The van der Waals surface area contributed by atoms with Gasteiger partial charge in [-0.1, -0.05) is 6.92 Å². The van der Waals surface area contributed by atoms with Crippen molar-refractivity contribution in [1.29, 1.82) is 0 Å². The SMILES string of the molecule is CCOC(=O)C[C@@H](C)[C@@H](NC(=O)COCCOC)C(N)=O. The minimum Gasteiger partial charge on any atom is -0.466 e. The summed E-state index contributed by atoms with van der Waals surface area (Å²) in [6.45, 7) is 4.01. The number of amides is 2. The van der Waals surface area contributed by atoms with Gasteiger partial charge >= 0.3 is 5.97 Å². The summed E-state index contributed by atoms with van der Waals surface area (Å²) in [7, 11) is 1.52. The number of carbonyl (C=O) groups is 3. The van der Waals surface area contributed by atoms with Crippen LogP contribution < -0.4 is 11.1 Å². The van der Waals surface area contributed by atoms with Crippen LogP contribution in [0.1, 0.15) is 20.3 Å². The fourth-order valence-corrected chi connectivity index (χ4v) is 1.62. The van der Waals surface area contributed by atoms with E-state index in [1.165, 1.54) is 7.11 Å². The van der Waals surface area contributed by atoms with Crippen LogP contribution in [0, 0.1) is 5.92 Å². The van der Waals surface area contributed by atoms with Crippen molar-refractivity contribution in [1.82, 2.24) is 5.32 Å². The molecule has 0 saturated heterocycles. The molecule has 0 heterocycles. The summed E-state index contributed by atoms with van der Waals surface area (Å²) in [5.74, 6) is -2.10. The topological polar surface area (TPSA) is 117 Å². The van der Waals surface area contributed by atoms with Crippen LogP contribution in [-0.4, -0.2) is 57.4 Å². The zero-order valence-corrected chi connectivity index (χ0v) is 12.7. The molecule has 21 heavy (non-hydrogen) atoms. The molecule has 3 N–H and O–H groups in total. The predicted octanol–water partition coefficient (Wildman–Crippen LogP) is -0.791. The van der Waals surface area contributed by atoms with Gasteiger partial charge in [0.05, 0.1) is 26.2 Å². The van der Waals surface area contributed by atoms with Crippen LogP contribution in [0.15, 0.2) is 0 Å². The minimum atomic E-state index is -0.951. The maximum atomic E-state index is 11.6. The molecule has 0 bridgehead atoms. The molecule has 0 aromatic carbocycles. The molecule has 0 aliphatic carbocycles. The van der Waals surface area contributed by atoms with Gasteiger partial charge in [0.15, 0.2) is 0 Å². The summed E-state index contributed by atoms with van der Waals surface area (Å²) in [4.78, 5) is 34.4. The third-order valence-electron chi connectivity index (χ3n) is 2.65. The Morgan fingerprint density at radius 2 is 1.90 bits per heavy atom. The lowest BCUT2D eigenvalue weighted by molar-refractivity contribution is -0.145. The van der Waals surface area contributed by atoms with Gasteiger partial charge in [-0.05, 0) is 12.8 Å². The van der Waals surface area contributed by atoms with Crippen molar-refractivity contribution in [2.45, 2.75) is 26.3 Å². The van der Waals surface area contributed by atoms with E-state index in [1.54, 1.807) is 13.8 Å². The highest BCUT2D eigenvalue weighted by Gasteiger charge is 2.27. The molecular formula is C13H24N2O6. The number of primary amides is 1. The van der Waals surface area contributed by atoms with Gasteiger partial charge in [0.25, 0.3) is 0 Å². The first kappa shape index (κ1) is 19.3. The number of methoxy groups -OCH3 is 1. The lowest BCUT2D eigenvalue weighted by atomic mass is 9.97. The van der Waals surface area contributed by atoms with E-state index in [-0.39, 0.29) is 26.2 Å². The van der Waals surface area contributed by atoms with E-state index < -0.39 is 29.7 Å². The fourth-order valence-electron chi connectivity index (χ4n) is 1.62. The molecule has 2 amide bonds. The number of hydrogen-bond acceptors (Lipinski definition) is 6. The van der Waals surface area contributed by atoms with Crippen molar-refractivity contribution in [3.63, 3.8) is 0 Å². The van der Waals surface area contributed by atoms with E-state index >= 15 is 0 Å². The lowest BCUT2D eigenvalue weighted by Crippen LogP contribution is -2.50. The number of esters is 1. The van der Waals surface area contributed by atoms with Gasteiger partial charge in [-0.3, -0.25) is 14.4 Å². The second-order valence-electron chi connectivity index (χ2n) is 4.48. The van der Waals surface area contributed by atoms with Crippen LogP contribution in [0.25, 0.3) is 0 Å². The third kappa shape index (κ3) is 8.98. The number of nitrogens with one attached hydrogen (secondary N) is 1. The van der Waals surface area contributed by atoms with Gasteiger partial charge in [-0.2, -0.15) is 0 Å². The van der Waals surface area contributed by atoms with Crippen molar-refractivity contribution in [3.05, 3.63) is 0 Å². The molecule has 0 spiro atoms. The fraction of sp³-hybridized carbons (Fsp3) is 0.769. The average Bonchev–Trinajstić information content (AvgIpc) is 2.40. The van der Waals surface area contributed by atoms with Crippen LogP contribution in [0.4, 0.5) is 0 Å². The molecule has 0 aliphatic heterocycles. The number of carbonyl (C=O) groups excluding carboxylic acids is 3. The van der Waals surface area contributed by atoms with Gasteiger partial charge in [0.1, 0.15) is 12.6 Å². The first-order valence-corrected chi connectivity index (χ1v) is 6.73. The Morgan fingerprint density at radius 3 is 2.43 bits per heavy atom. The van der Waals surface area contributed by atoms with Crippen molar-refractivity contribution in [3.8, 4) is 0 Å². The largest absolute Gasteiger partial charge is 0.466 e. The molecule has 0 aromatic rings. The van der Waals surface area contributed by atoms with Gasteiger partial charge in [-0.25, -0.2) is 0 Å². The predicted molar refractivity (Wildman–Crippen MR) is 74.2 cm³/mol. The molecule has 0 fully saturated rings. The summed E-state index contributed by atoms with van der Waals surface area (Å²) in [5, 5.41) is 2.45. The van der Waals surface area contributed by atoms with E-state index in [0.29, 0.717) is 6.61 Å². The second kappa shape index (κ2) is 11.0. The van der Waals surface area contributed by atoms with Crippen molar-refractivity contribution in [2.24, 2.45) is 11.7 Å². The summed E-state index contributed by atoms with van der Waals surface area (Å²) < 4.78 is 14.6. The van der Waals surface area contributed by atoms with E-state index in [9.17, 15) is 14.4 Å². The van der Waals surface area contributed by atoms with Crippen molar-refractivity contribution < 1.29 is 28.6 Å². The Bertz CT molecular complexity index is 348. The standard InChI is InChI=1S/C13H24N2O6/c1-4-21-11(17)7-9(2)12(13(14)18)15-10(16)8-20-6-5-19-3/h9,12H,4-8H2,1-3H3,(H2,14,18)(H,15,16)/t9-,12-/m1/s1. The summed E-state index contributed by atoms with van der Waals surface area (Å²) in [6, 6.07) is -0.951. The van der Waals surface area contributed by atoms with Crippen LogP contribution in [-0.2, 0) is 28.6 Å². The van der Waals surface area contributed by atoms with E-state index in [4.69, 9.17) is 19.9 Å². The highest BCUT2D eigenvalue weighted by Crippen LogP contribution is 2.09. The molecule has 0 radical (unpaired) electrons. The molecule has 0 aromatic heterocycles. The highest BCUT2D eigenvalue weighted by molar-refractivity contribution is 5.87. The van der Waals surface area contributed by atoms with Crippen molar-refractivity contribution in [2.75, 3.05) is 33.5 Å². The molecule has 122 valence electrons. The number of rotatable bonds is 11. The maximum absolute atomic E-state index is 11.6. The molecule has 0 unspecified atom stereocenters. The van der Waals surface area contributed by atoms with Gasteiger partial charge in [0, 0.05) is 7.11 Å². The number of hydrogen-bond donors (Lipinski definition) is 2. The highest BCUT2D eigenvalue weighted by atomic mass is 16.5. The molecule has 0 rings (SSSR count). The van der Waals surface area contributed by atoms with Crippen molar-refractivity contribution >= 4 is 17.8 Å². The summed E-state index contributed by atoms with van der Waals surface area (Å²) >= 11 is 0. The molecule has 2 atom stereocenters. The number of ether oxygens (including phenoxy) is 3. The van der Waals surface area contributed by atoms with E-state index in [0.717, 1.165) is 0 Å². The Kier molecular flexibility index (Phi) is 10.2. The molecule has 8 nitrogen and oxygen atoms in total. The summed E-state index contributed by atoms with van der Waals surface area (Å²) in [6.07, 6.45) is -0.00768. The normalized spacial score (nSPS) is 13.3. The minimum absolute atomic E-state index is 0.00768. The van der Waals surface area contributed by atoms with Crippen LogP contribution in [0.2, 0.25) is 0 Å². The number of nitrogens with two attached hydrogens (primary N) is 1. The van der Waals surface area contributed by atoms with Gasteiger partial charge in [0.2, 0.25) is 11.8 Å². The summed E-state index contributed by atoms with van der Waals surface area (Å²) in [5.41, 5.74) is 5.25. The smallest absolute Gasteiger partial charge is 0.306 e. The average molecular weight is 304 g/mol. The zero-order chi connectivity index (χ0) is 16.3. The van der Waals surface area contributed by atoms with E-state index in [2.05, 4.69) is 5.32 Å².